The molecule has 0 saturated heterocycles. The zero-order chi connectivity index (χ0) is 15.0. The molecule has 2 N–H and O–H groups in total. The summed E-state index contributed by atoms with van der Waals surface area (Å²) in [7, 11) is 0. The normalized spacial score (nSPS) is 17.7. The second kappa shape index (κ2) is 5.54. The van der Waals surface area contributed by atoms with E-state index < -0.39 is 0 Å². The Morgan fingerprint density at radius 3 is 2.76 bits per heavy atom. The van der Waals surface area contributed by atoms with Crippen molar-refractivity contribution < 1.29 is 0 Å². The first-order valence-corrected chi connectivity index (χ1v) is 8.50. The lowest BCUT2D eigenvalue weighted by Crippen LogP contribution is -2.30. The predicted octanol–water partition coefficient (Wildman–Crippen LogP) is 3.27. The second-order valence-electron chi connectivity index (χ2n) is 6.60. The second-order valence-corrected chi connectivity index (χ2v) is 7.80. The van der Waals surface area contributed by atoms with Gasteiger partial charge in [-0.2, -0.15) is 0 Å². The largest absolute Gasteiger partial charge is 0.309 e. The number of hydrogen-bond acceptors (Lipinski definition) is 4. The number of rotatable bonds is 4. The minimum Gasteiger partial charge on any atom is -0.309 e. The molecule has 1 aliphatic rings. The quantitative estimate of drug-likeness (QED) is 0.911. The van der Waals surface area contributed by atoms with Gasteiger partial charge in [-0.25, -0.2) is 4.98 Å². The van der Waals surface area contributed by atoms with Gasteiger partial charge in [0.1, 0.15) is 10.7 Å². The number of hydrogen-bond donors (Lipinski definition) is 2. The molecule has 0 bridgehead atoms. The van der Waals surface area contributed by atoms with Crippen molar-refractivity contribution in [2.45, 2.75) is 53.0 Å². The summed E-state index contributed by atoms with van der Waals surface area (Å²) < 4.78 is 0. The van der Waals surface area contributed by atoms with Crippen LogP contribution >= 0.6 is 11.3 Å². The highest BCUT2D eigenvalue weighted by Crippen LogP contribution is 2.36. The molecule has 4 nitrogen and oxygen atoms in total. The minimum absolute atomic E-state index is 0.00859. The van der Waals surface area contributed by atoms with Crippen LogP contribution in [0.5, 0.6) is 0 Å². The smallest absolute Gasteiger partial charge is 0.259 e. The van der Waals surface area contributed by atoms with Gasteiger partial charge in [-0.05, 0) is 37.7 Å². The van der Waals surface area contributed by atoms with E-state index in [9.17, 15) is 4.79 Å². The molecule has 2 aromatic rings. The molecule has 0 spiro atoms. The van der Waals surface area contributed by atoms with Gasteiger partial charge in [0.2, 0.25) is 0 Å². The fraction of sp³-hybridized carbons (Fsp3) is 0.625. The van der Waals surface area contributed by atoms with Crippen molar-refractivity contribution in [3.05, 3.63) is 26.6 Å². The summed E-state index contributed by atoms with van der Waals surface area (Å²) in [4.78, 5) is 21.8. The summed E-state index contributed by atoms with van der Waals surface area (Å²) in [5.74, 6) is 0.746. The lowest BCUT2D eigenvalue weighted by molar-refractivity contribution is 0.313. The number of thiophene rings is 1. The van der Waals surface area contributed by atoms with E-state index in [1.54, 1.807) is 11.3 Å². The molecule has 0 aromatic carbocycles. The Labute approximate surface area is 129 Å². The average Bonchev–Trinajstić information content (AvgIpc) is 2.95. The molecule has 0 aliphatic heterocycles. The summed E-state index contributed by atoms with van der Waals surface area (Å²) in [5, 5.41) is 4.22. The van der Waals surface area contributed by atoms with E-state index in [-0.39, 0.29) is 5.56 Å². The summed E-state index contributed by atoms with van der Waals surface area (Å²) in [6.07, 6.45) is 5.28. The summed E-state index contributed by atoms with van der Waals surface area (Å²) in [6, 6.07) is 0. The highest BCUT2D eigenvalue weighted by Gasteiger charge is 2.27. The van der Waals surface area contributed by atoms with Crippen molar-refractivity contribution >= 4 is 21.6 Å². The van der Waals surface area contributed by atoms with Crippen LogP contribution < -0.4 is 10.9 Å². The van der Waals surface area contributed by atoms with Gasteiger partial charge in [0.05, 0.1) is 11.9 Å². The lowest BCUT2D eigenvalue weighted by Gasteiger charge is -2.23. The van der Waals surface area contributed by atoms with Crippen LogP contribution in [0.25, 0.3) is 10.2 Å². The van der Waals surface area contributed by atoms with Gasteiger partial charge in [0, 0.05) is 11.4 Å². The first-order chi connectivity index (χ1) is 9.98. The Hall–Kier alpha value is -1.20. The highest BCUT2D eigenvalue weighted by molar-refractivity contribution is 7.18. The van der Waals surface area contributed by atoms with Crippen molar-refractivity contribution in [1.82, 2.24) is 15.3 Å². The number of nitrogens with zero attached hydrogens (tertiary/aromatic N) is 1. The van der Waals surface area contributed by atoms with E-state index >= 15 is 0 Å². The van der Waals surface area contributed by atoms with Crippen LogP contribution in [0.1, 0.15) is 48.9 Å². The number of fused-ring (bicyclic) bond motifs is 1. The Morgan fingerprint density at radius 1 is 1.33 bits per heavy atom. The highest BCUT2D eigenvalue weighted by atomic mass is 32.1. The first kappa shape index (κ1) is 14.7. The molecule has 1 aliphatic carbocycles. The number of nitrogens with one attached hydrogen (secondary N) is 2. The van der Waals surface area contributed by atoms with Gasteiger partial charge in [-0.15, -0.1) is 11.3 Å². The Bertz CT molecular complexity index is 710. The number of aryl methyl sites for hydroxylation is 2. The zero-order valence-corrected chi connectivity index (χ0v) is 13.8. The van der Waals surface area contributed by atoms with Gasteiger partial charge in [0.25, 0.3) is 5.56 Å². The van der Waals surface area contributed by atoms with Crippen molar-refractivity contribution in [2.75, 3.05) is 6.54 Å². The maximum Gasteiger partial charge on any atom is 0.259 e. The fourth-order valence-electron chi connectivity index (χ4n) is 3.27. The third-order valence-corrected chi connectivity index (χ3v) is 5.84. The Kier molecular flexibility index (Phi) is 3.88. The van der Waals surface area contributed by atoms with E-state index in [0.29, 0.717) is 12.0 Å². The molecule has 2 heterocycles. The van der Waals surface area contributed by atoms with Gasteiger partial charge in [0.15, 0.2) is 0 Å². The van der Waals surface area contributed by atoms with Gasteiger partial charge in [-0.1, -0.05) is 19.8 Å². The van der Waals surface area contributed by atoms with Crippen LogP contribution in [-0.4, -0.2) is 16.5 Å². The van der Waals surface area contributed by atoms with Crippen LogP contribution in [-0.2, 0) is 6.54 Å². The van der Waals surface area contributed by atoms with Gasteiger partial charge < -0.3 is 10.3 Å². The van der Waals surface area contributed by atoms with Crippen LogP contribution in [0.15, 0.2) is 4.79 Å². The van der Waals surface area contributed by atoms with Crippen LogP contribution in [0.2, 0.25) is 0 Å². The molecule has 0 radical (unpaired) electrons. The maximum atomic E-state index is 12.2. The molecule has 114 valence electrons. The van der Waals surface area contributed by atoms with E-state index in [0.717, 1.165) is 28.1 Å². The molecular formula is C16H23N3OS. The molecule has 21 heavy (non-hydrogen) atoms. The van der Waals surface area contributed by atoms with Crippen molar-refractivity contribution in [2.24, 2.45) is 5.41 Å². The maximum absolute atomic E-state index is 12.2. The monoisotopic (exact) mass is 305 g/mol. The van der Waals surface area contributed by atoms with Gasteiger partial charge in [-0.3, -0.25) is 4.79 Å². The molecule has 0 amide bonds. The molecule has 0 unspecified atom stereocenters. The molecule has 1 fully saturated rings. The lowest BCUT2D eigenvalue weighted by atomic mass is 9.89. The summed E-state index contributed by atoms with van der Waals surface area (Å²) in [5.41, 5.74) is 1.47. The molecule has 3 rings (SSSR count). The van der Waals surface area contributed by atoms with Crippen molar-refractivity contribution in [1.29, 1.82) is 0 Å². The van der Waals surface area contributed by atoms with E-state index in [4.69, 9.17) is 0 Å². The summed E-state index contributed by atoms with van der Waals surface area (Å²) in [6.45, 7) is 8.01. The Balaban J connectivity index is 1.74. The molecule has 5 heteroatoms. The minimum atomic E-state index is -0.00859. The van der Waals surface area contributed by atoms with Crippen LogP contribution in [0.3, 0.4) is 0 Å². The standard InChI is InChI=1S/C16H23N3OS/c1-10-11(2)21-15-13(10)14(20)18-12(19-15)8-17-9-16(3)6-4-5-7-16/h17H,4-9H2,1-3H3,(H,18,19,20). The van der Waals surface area contributed by atoms with E-state index in [2.05, 4.69) is 22.2 Å². The number of H-pyrrole nitrogens is 1. The topological polar surface area (TPSA) is 57.8 Å². The SMILES string of the molecule is Cc1sc2nc(CNCC3(C)CCCC3)[nH]c(=O)c2c1C. The molecular weight excluding hydrogens is 282 g/mol. The van der Waals surface area contributed by atoms with Crippen molar-refractivity contribution in [3.8, 4) is 0 Å². The molecule has 0 atom stereocenters. The van der Waals surface area contributed by atoms with Gasteiger partial charge >= 0.3 is 0 Å². The van der Waals surface area contributed by atoms with Crippen molar-refractivity contribution in [3.63, 3.8) is 0 Å². The first-order valence-electron chi connectivity index (χ1n) is 7.68. The third-order valence-electron chi connectivity index (χ3n) is 4.74. The van der Waals surface area contributed by atoms with Crippen LogP contribution in [0, 0.1) is 19.3 Å². The summed E-state index contributed by atoms with van der Waals surface area (Å²) >= 11 is 1.61. The zero-order valence-electron chi connectivity index (χ0n) is 13.0. The average molecular weight is 305 g/mol. The number of aromatic amines is 1. The molecule has 2 aromatic heterocycles. The van der Waals surface area contributed by atoms with Crippen LogP contribution in [0.4, 0.5) is 0 Å². The number of aromatic nitrogens is 2. The Morgan fingerprint density at radius 2 is 2.05 bits per heavy atom. The predicted molar refractivity (Wildman–Crippen MR) is 88.0 cm³/mol. The third kappa shape index (κ3) is 2.90. The van der Waals surface area contributed by atoms with E-state index in [1.807, 2.05) is 13.8 Å². The van der Waals surface area contributed by atoms with E-state index in [1.165, 1.54) is 30.6 Å². The fourth-order valence-corrected chi connectivity index (χ4v) is 4.32. The molecule has 1 saturated carbocycles.